The van der Waals surface area contributed by atoms with Crippen molar-refractivity contribution >= 4 is 35.5 Å². The summed E-state index contributed by atoms with van der Waals surface area (Å²) < 4.78 is 19.8. The van der Waals surface area contributed by atoms with Crippen LogP contribution in [0.3, 0.4) is 0 Å². The zero-order valence-electron chi connectivity index (χ0n) is 16.0. The molecule has 0 aromatic carbocycles. The Morgan fingerprint density at radius 1 is 1.00 bits per heavy atom. The van der Waals surface area contributed by atoms with Crippen molar-refractivity contribution in [2.24, 2.45) is 11.0 Å². The summed E-state index contributed by atoms with van der Waals surface area (Å²) in [6.45, 7) is 4.31. The number of carbonyl (C=O) groups is 5. The average Bonchev–Trinajstić information content (AvgIpc) is 2.56. The summed E-state index contributed by atoms with van der Waals surface area (Å²) in [5.74, 6) is 0.356. The lowest BCUT2D eigenvalue weighted by Crippen LogP contribution is -2.63. The number of nitrogens with two attached hydrogens (primary N) is 1. The number of nitrogens with one attached hydrogen (secondary N) is 1. The minimum Gasteiger partial charge on any atom is -0.459 e. The monoisotopic (exact) mass is 405 g/mol. The third-order valence-corrected chi connectivity index (χ3v) is 3.22. The Bertz CT molecular complexity index is 662. The number of carbonyl (C=O) groups excluding carboxylic acids is 5. The second-order valence-corrected chi connectivity index (χ2v) is 5.61. The zero-order chi connectivity index (χ0) is 22.1. The first-order valence-electron chi connectivity index (χ1n) is 7.78. The number of nitrogens with zero attached hydrogens (tertiary/aromatic N) is 1. The third kappa shape index (κ3) is 7.19. The summed E-state index contributed by atoms with van der Waals surface area (Å²) in [5.41, 5.74) is -1.09. The fourth-order valence-electron chi connectivity index (χ4n) is 2.14. The van der Waals surface area contributed by atoms with Crippen LogP contribution in [0.15, 0.2) is 5.16 Å². The van der Waals surface area contributed by atoms with E-state index in [0.717, 1.165) is 34.6 Å². The van der Waals surface area contributed by atoms with Gasteiger partial charge in [-0.15, -0.1) is 0 Å². The van der Waals surface area contributed by atoms with Crippen LogP contribution in [0.2, 0.25) is 0 Å². The molecule has 13 nitrogen and oxygen atoms in total. The molecule has 0 aliphatic carbocycles. The summed E-state index contributed by atoms with van der Waals surface area (Å²) in [4.78, 5) is 58.1. The smallest absolute Gasteiger partial charge is 0.303 e. The van der Waals surface area contributed by atoms with E-state index in [0.29, 0.717) is 0 Å². The zero-order valence-corrected chi connectivity index (χ0v) is 16.0. The van der Waals surface area contributed by atoms with Gasteiger partial charge in [-0.3, -0.25) is 29.4 Å². The molecule has 0 fully saturated rings. The van der Waals surface area contributed by atoms with E-state index in [2.05, 4.69) is 5.16 Å². The number of hydrazine groups is 1. The predicted molar refractivity (Wildman–Crippen MR) is 89.5 cm³/mol. The van der Waals surface area contributed by atoms with Crippen molar-refractivity contribution in [2.75, 3.05) is 6.61 Å². The molecule has 0 saturated carbocycles. The van der Waals surface area contributed by atoms with Crippen LogP contribution in [0, 0.1) is 0 Å². The summed E-state index contributed by atoms with van der Waals surface area (Å²) in [7, 11) is 0. The minimum absolute atomic E-state index is 0.514. The van der Waals surface area contributed by atoms with Crippen molar-refractivity contribution in [2.45, 2.75) is 52.4 Å². The molecule has 0 rings (SSSR count). The first kappa shape index (κ1) is 24.8. The van der Waals surface area contributed by atoms with Crippen molar-refractivity contribution in [1.29, 1.82) is 0 Å². The van der Waals surface area contributed by atoms with Gasteiger partial charge < -0.3 is 24.2 Å². The largest absolute Gasteiger partial charge is 0.459 e. The molecule has 13 heteroatoms. The molecule has 0 aliphatic rings. The minimum atomic E-state index is -2.32. The molecular weight excluding hydrogens is 382 g/mol. The van der Waals surface area contributed by atoms with E-state index >= 15 is 0 Å². The summed E-state index contributed by atoms with van der Waals surface area (Å²) >= 11 is 0. The van der Waals surface area contributed by atoms with Gasteiger partial charge in [0.2, 0.25) is 5.60 Å². The van der Waals surface area contributed by atoms with Crippen LogP contribution in [0.25, 0.3) is 0 Å². The number of ether oxygens (including phenoxy) is 4. The third-order valence-electron chi connectivity index (χ3n) is 3.22. The second kappa shape index (κ2) is 10.8. The normalized spacial score (nSPS) is 15.3. The van der Waals surface area contributed by atoms with Crippen molar-refractivity contribution < 1.29 is 48.1 Å². The molecule has 0 spiro atoms. The molecule has 1 amide bonds. The Hall–Kier alpha value is -3.22. The first-order valence-corrected chi connectivity index (χ1v) is 7.78. The quantitative estimate of drug-likeness (QED) is 0.0773. The van der Waals surface area contributed by atoms with Gasteiger partial charge in [0.1, 0.15) is 12.3 Å². The van der Waals surface area contributed by atoms with E-state index in [1.165, 1.54) is 0 Å². The maximum Gasteiger partial charge on any atom is 0.303 e. The molecule has 0 aromatic rings. The van der Waals surface area contributed by atoms with Gasteiger partial charge in [0.05, 0.1) is 0 Å². The van der Waals surface area contributed by atoms with Crippen LogP contribution in [-0.4, -0.2) is 65.1 Å². The fourth-order valence-corrected chi connectivity index (χ4v) is 2.14. The van der Waals surface area contributed by atoms with Gasteiger partial charge in [-0.25, -0.2) is 5.84 Å². The van der Waals surface area contributed by atoms with E-state index in [1.807, 2.05) is 0 Å². The van der Waals surface area contributed by atoms with Gasteiger partial charge in [-0.1, -0.05) is 5.16 Å². The van der Waals surface area contributed by atoms with Gasteiger partial charge in [0, 0.05) is 27.7 Å². The maximum absolute atomic E-state index is 12.3. The molecule has 0 unspecified atom stereocenters. The molecule has 0 heterocycles. The van der Waals surface area contributed by atoms with E-state index < -0.39 is 59.9 Å². The van der Waals surface area contributed by atoms with E-state index in [9.17, 15) is 29.2 Å². The van der Waals surface area contributed by atoms with Crippen LogP contribution in [0.4, 0.5) is 0 Å². The molecule has 0 aliphatic heterocycles. The molecule has 3 atom stereocenters. The Kier molecular flexibility index (Phi) is 9.57. The summed E-state index contributed by atoms with van der Waals surface area (Å²) in [6, 6.07) is 0. The molecule has 158 valence electrons. The molecule has 0 aromatic heterocycles. The molecule has 0 bridgehead atoms. The lowest BCUT2D eigenvalue weighted by atomic mass is 9.90. The predicted octanol–water partition coefficient (Wildman–Crippen LogP) is -1.45. The van der Waals surface area contributed by atoms with Gasteiger partial charge in [-0.05, 0) is 6.92 Å². The maximum atomic E-state index is 12.3. The van der Waals surface area contributed by atoms with Crippen molar-refractivity contribution in [3.05, 3.63) is 0 Å². The van der Waals surface area contributed by atoms with E-state index in [4.69, 9.17) is 24.8 Å². The summed E-state index contributed by atoms with van der Waals surface area (Å²) in [5, 5.41) is 12.2. The van der Waals surface area contributed by atoms with Crippen LogP contribution in [-0.2, 0) is 42.9 Å². The van der Waals surface area contributed by atoms with Crippen molar-refractivity contribution in [3.63, 3.8) is 0 Å². The Labute approximate surface area is 160 Å². The van der Waals surface area contributed by atoms with Crippen LogP contribution >= 0.6 is 0 Å². The number of rotatable bonds is 9. The van der Waals surface area contributed by atoms with E-state index in [1.54, 1.807) is 5.43 Å². The van der Waals surface area contributed by atoms with Crippen LogP contribution in [0.1, 0.15) is 34.6 Å². The van der Waals surface area contributed by atoms with Crippen molar-refractivity contribution in [1.82, 2.24) is 5.43 Å². The standard InChI is InChI=1S/C15H23N3O10/c1-7(19)25-6-11(18-24)12(26-8(2)20)13(27-9(3)21)15(5,14(23)17-16)28-10(4)22/h12-13,24H,6,16H2,1-5H3,(H,17,23)/t12-,13+,15-/m0/s1. The van der Waals surface area contributed by atoms with Gasteiger partial charge in [-0.2, -0.15) is 0 Å². The number of hydrogen-bond acceptors (Lipinski definition) is 12. The van der Waals surface area contributed by atoms with Crippen molar-refractivity contribution in [3.8, 4) is 0 Å². The lowest BCUT2D eigenvalue weighted by molar-refractivity contribution is -0.197. The Morgan fingerprint density at radius 2 is 1.54 bits per heavy atom. The van der Waals surface area contributed by atoms with Gasteiger partial charge in [0.15, 0.2) is 12.2 Å². The van der Waals surface area contributed by atoms with Gasteiger partial charge >= 0.3 is 23.9 Å². The van der Waals surface area contributed by atoms with Crippen LogP contribution in [0.5, 0.6) is 0 Å². The highest BCUT2D eigenvalue weighted by molar-refractivity contribution is 5.95. The molecule has 0 radical (unpaired) electrons. The van der Waals surface area contributed by atoms with Crippen LogP contribution < -0.4 is 11.3 Å². The highest BCUT2D eigenvalue weighted by atomic mass is 16.6. The van der Waals surface area contributed by atoms with Gasteiger partial charge in [0.25, 0.3) is 5.91 Å². The highest BCUT2D eigenvalue weighted by Gasteiger charge is 2.53. The average molecular weight is 405 g/mol. The number of oxime groups is 1. The molecule has 4 N–H and O–H groups in total. The highest BCUT2D eigenvalue weighted by Crippen LogP contribution is 2.26. The molecule has 0 saturated heterocycles. The SMILES string of the molecule is CC(=O)OCC(=NO)[C@H](OC(C)=O)[C@@H](OC(C)=O)[C@](C)(OC(C)=O)C(=O)NN. The Morgan fingerprint density at radius 3 is 1.89 bits per heavy atom. The second-order valence-electron chi connectivity index (χ2n) is 5.61. The fraction of sp³-hybridized carbons (Fsp3) is 0.600. The van der Waals surface area contributed by atoms with E-state index in [-0.39, 0.29) is 0 Å². The topological polar surface area (TPSA) is 193 Å². The first-order chi connectivity index (χ1) is 12.9. The number of amides is 1. The summed E-state index contributed by atoms with van der Waals surface area (Å²) in [6.07, 6.45) is -3.64. The number of hydrogen-bond donors (Lipinski definition) is 3. The molecular formula is C15H23N3O10. The Balaban J connectivity index is 6.42. The lowest BCUT2D eigenvalue weighted by Gasteiger charge is -2.37. The number of esters is 4. The molecule has 28 heavy (non-hydrogen) atoms.